The van der Waals surface area contributed by atoms with Gasteiger partial charge in [-0.25, -0.2) is 0 Å². The number of benzene rings is 2. The molecule has 0 aromatic heterocycles. The molecule has 0 nitrogen and oxygen atoms in total. The molecule has 0 spiro atoms. The van der Waals surface area contributed by atoms with Gasteiger partial charge < -0.3 is 0 Å². The first kappa shape index (κ1) is 10.1. The molecule has 1 heteroatoms. The van der Waals surface area contributed by atoms with Crippen LogP contribution in [0.1, 0.15) is 0 Å². The summed E-state index contributed by atoms with van der Waals surface area (Å²) in [6, 6.07) is 20.8. The average molecular weight is 231 g/mol. The fourth-order valence-corrected chi connectivity index (χ4v) is 1.26. The Kier molecular flexibility index (Phi) is 3.78. The fraction of sp³-hybridized carbons (Fsp3) is 0. The quantitative estimate of drug-likeness (QED) is 0.657. The van der Waals surface area contributed by atoms with Crippen molar-refractivity contribution in [3.8, 4) is 11.1 Å². The van der Waals surface area contributed by atoms with Crippen LogP contribution in [0, 0.1) is 0 Å². The summed E-state index contributed by atoms with van der Waals surface area (Å²) in [5, 5.41) is 0. The van der Waals surface area contributed by atoms with Gasteiger partial charge in [-0.3, -0.25) is 0 Å². The molecule has 2 aromatic rings. The van der Waals surface area contributed by atoms with Crippen molar-refractivity contribution in [1.82, 2.24) is 0 Å². The van der Waals surface area contributed by atoms with Gasteiger partial charge in [-0.2, -0.15) is 0 Å². The minimum absolute atomic E-state index is 0. The van der Waals surface area contributed by atoms with E-state index in [1.807, 2.05) is 12.1 Å². The van der Waals surface area contributed by atoms with Gasteiger partial charge in [0.1, 0.15) is 0 Å². The molecule has 2 aromatic carbocycles. The Morgan fingerprint density at radius 3 is 1.08 bits per heavy atom. The Morgan fingerprint density at radius 1 is 0.462 bits per heavy atom. The Balaban J connectivity index is 0.000000845. The van der Waals surface area contributed by atoms with E-state index in [1.165, 1.54) is 11.1 Å². The van der Waals surface area contributed by atoms with Gasteiger partial charge in [0, 0.05) is 0 Å². The molecule has 0 saturated carbocycles. The van der Waals surface area contributed by atoms with Gasteiger partial charge in [-0.15, -0.1) is 0 Å². The average Bonchev–Trinajstić information content (AvgIpc) is 2.21. The predicted molar refractivity (Wildman–Crippen MR) is 63.2 cm³/mol. The summed E-state index contributed by atoms with van der Waals surface area (Å²) in [6.45, 7) is 0. The van der Waals surface area contributed by atoms with Crippen molar-refractivity contribution in [2.75, 3.05) is 0 Å². The normalized spacial score (nSPS) is 8.92. The van der Waals surface area contributed by atoms with Gasteiger partial charge >= 0.3 is 17.6 Å². The number of rotatable bonds is 1. The van der Waals surface area contributed by atoms with E-state index in [4.69, 9.17) is 0 Å². The SMILES string of the molecule is [GeH4].c1ccc(-c2ccccc2)cc1. The largest absolute Gasteiger partial charge is 0.0622 e. The molecule has 0 radical (unpaired) electrons. The van der Waals surface area contributed by atoms with E-state index in [2.05, 4.69) is 48.5 Å². The molecule has 0 heterocycles. The van der Waals surface area contributed by atoms with E-state index in [1.54, 1.807) is 0 Å². The second-order valence-electron chi connectivity index (χ2n) is 2.73. The third-order valence-electron chi connectivity index (χ3n) is 1.88. The van der Waals surface area contributed by atoms with Crippen LogP contribution >= 0.6 is 0 Å². The molecule has 0 unspecified atom stereocenters. The second kappa shape index (κ2) is 4.88. The third kappa shape index (κ3) is 2.46. The molecule has 66 valence electrons. The zero-order valence-corrected chi connectivity index (χ0v) is 6.77. The zero-order chi connectivity index (χ0) is 8.23. The predicted octanol–water partition coefficient (Wildman–Crippen LogP) is 1.90. The molecule has 0 aliphatic rings. The minimum atomic E-state index is 0. The zero-order valence-electron chi connectivity index (χ0n) is 6.77. The number of hydrogen-bond donors (Lipinski definition) is 0. The maximum atomic E-state index is 2.12. The molecule has 0 aliphatic heterocycles. The monoisotopic (exact) mass is 232 g/mol. The van der Waals surface area contributed by atoms with Gasteiger partial charge in [0.15, 0.2) is 0 Å². The Morgan fingerprint density at radius 2 is 0.769 bits per heavy atom. The second-order valence-corrected chi connectivity index (χ2v) is 2.73. The van der Waals surface area contributed by atoms with E-state index < -0.39 is 0 Å². The Hall–Kier alpha value is -1.02. The van der Waals surface area contributed by atoms with Crippen LogP contribution in [0.25, 0.3) is 11.1 Å². The smallest absolute Gasteiger partial charge is 0.0184 e. The van der Waals surface area contributed by atoms with Crippen molar-refractivity contribution >= 4 is 17.6 Å². The van der Waals surface area contributed by atoms with Crippen molar-refractivity contribution in [2.24, 2.45) is 0 Å². The number of hydrogen-bond acceptors (Lipinski definition) is 0. The van der Waals surface area contributed by atoms with E-state index in [0.29, 0.717) is 0 Å². The van der Waals surface area contributed by atoms with Crippen LogP contribution in [0.3, 0.4) is 0 Å². The first-order valence-electron chi connectivity index (χ1n) is 4.07. The molecule has 0 bridgehead atoms. The van der Waals surface area contributed by atoms with Crippen molar-refractivity contribution in [1.29, 1.82) is 0 Å². The summed E-state index contributed by atoms with van der Waals surface area (Å²) in [5.41, 5.74) is 2.55. The molecular formula is C12H14Ge. The molecule has 0 fully saturated rings. The maximum absolute atomic E-state index is 2.12. The first-order chi connectivity index (χ1) is 5.97. The Bertz CT molecular complexity index is 303. The van der Waals surface area contributed by atoms with Gasteiger partial charge in [-0.1, -0.05) is 60.7 Å². The van der Waals surface area contributed by atoms with Crippen molar-refractivity contribution in [3.05, 3.63) is 60.7 Å². The fourth-order valence-electron chi connectivity index (χ4n) is 1.26. The Labute approximate surface area is 89.6 Å². The summed E-state index contributed by atoms with van der Waals surface area (Å²) in [5.74, 6) is 0. The summed E-state index contributed by atoms with van der Waals surface area (Å²) in [7, 11) is 0. The van der Waals surface area contributed by atoms with Gasteiger partial charge in [0.05, 0.1) is 0 Å². The van der Waals surface area contributed by atoms with Gasteiger partial charge in [-0.05, 0) is 11.1 Å². The van der Waals surface area contributed by atoms with Crippen LogP contribution in [0.5, 0.6) is 0 Å². The summed E-state index contributed by atoms with van der Waals surface area (Å²) >= 11 is 0. The van der Waals surface area contributed by atoms with Crippen LogP contribution in [0.15, 0.2) is 60.7 Å². The molecule has 0 saturated heterocycles. The van der Waals surface area contributed by atoms with E-state index >= 15 is 0 Å². The molecule has 0 atom stereocenters. The maximum Gasteiger partial charge on any atom is -0.0184 e. The summed E-state index contributed by atoms with van der Waals surface area (Å²) in [4.78, 5) is 0. The van der Waals surface area contributed by atoms with Crippen LogP contribution in [-0.4, -0.2) is 17.6 Å². The van der Waals surface area contributed by atoms with E-state index in [9.17, 15) is 0 Å². The van der Waals surface area contributed by atoms with Crippen molar-refractivity contribution in [2.45, 2.75) is 0 Å². The van der Waals surface area contributed by atoms with Crippen molar-refractivity contribution < 1.29 is 0 Å². The standard InChI is InChI=1S/C12H10.GeH4/c1-3-7-11(8-4-1)12-9-5-2-6-10-12;/h1-10H;1H4. The van der Waals surface area contributed by atoms with Gasteiger partial charge in [0.2, 0.25) is 0 Å². The first-order valence-corrected chi connectivity index (χ1v) is 4.07. The molecule has 0 N–H and O–H groups in total. The van der Waals surface area contributed by atoms with Crippen LogP contribution < -0.4 is 0 Å². The summed E-state index contributed by atoms with van der Waals surface area (Å²) in [6.07, 6.45) is 0. The van der Waals surface area contributed by atoms with E-state index in [0.717, 1.165) is 0 Å². The molecule has 0 aliphatic carbocycles. The third-order valence-corrected chi connectivity index (χ3v) is 1.88. The van der Waals surface area contributed by atoms with Crippen LogP contribution in [-0.2, 0) is 0 Å². The molecular weight excluding hydrogens is 217 g/mol. The molecule has 2 rings (SSSR count). The topological polar surface area (TPSA) is 0 Å². The van der Waals surface area contributed by atoms with Crippen molar-refractivity contribution in [3.63, 3.8) is 0 Å². The van der Waals surface area contributed by atoms with Gasteiger partial charge in [0.25, 0.3) is 0 Å². The molecule has 0 amide bonds. The molecule has 13 heavy (non-hydrogen) atoms. The van der Waals surface area contributed by atoms with Crippen LogP contribution in [0.4, 0.5) is 0 Å². The van der Waals surface area contributed by atoms with Crippen LogP contribution in [0.2, 0.25) is 0 Å². The summed E-state index contributed by atoms with van der Waals surface area (Å²) < 4.78 is 0. The van der Waals surface area contributed by atoms with E-state index in [-0.39, 0.29) is 17.6 Å². The minimum Gasteiger partial charge on any atom is -0.0622 e.